The van der Waals surface area contributed by atoms with E-state index in [0.717, 1.165) is 5.56 Å². The van der Waals surface area contributed by atoms with Gasteiger partial charge in [0.05, 0.1) is 23.0 Å². The summed E-state index contributed by atoms with van der Waals surface area (Å²) in [6.07, 6.45) is 1.78. The molecule has 2 fully saturated rings. The van der Waals surface area contributed by atoms with Crippen molar-refractivity contribution in [2.75, 3.05) is 23.0 Å². The zero-order valence-electron chi connectivity index (χ0n) is 16.0. The normalized spacial score (nSPS) is 21.3. The van der Waals surface area contributed by atoms with Crippen molar-refractivity contribution in [2.24, 2.45) is 0 Å². The highest BCUT2D eigenvalue weighted by Gasteiger charge is 2.53. The molecule has 2 aliphatic rings. The van der Waals surface area contributed by atoms with E-state index >= 15 is 0 Å². The summed E-state index contributed by atoms with van der Waals surface area (Å²) in [6.45, 7) is -0.404. The van der Waals surface area contributed by atoms with Crippen LogP contribution in [0.2, 0.25) is 0 Å². The molecule has 1 aliphatic carbocycles. The van der Waals surface area contributed by atoms with Gasteiger partial charge in [-0.05, 0) is 37.0 Å². The van der Waals surface area contributed by atoms with Gasteiger partial charge in [0.15, 0.2) is 16.4 Å². The molecule has 1 heterocycles. The maximum atomic E-state index is 13.0. The number of carbonyl (C=O) groups excluding carboxylic acids is 2. The van der Waals surface area contributed by atoms with Crippen molar-refractivity contribution in [2.45, 2.75) is 30.7 Å². The van der Waals surface area contributed by atoms with Gasteiger partial charge in [-0.1, -0.05) is 48.5 Å². The number of esters is 1. The zero-order chi connectivity index (χ0) is 20.5. The monoisotopic (exact) mass is 413 g/mol. The average Bonchev–Trinajstić information content (AvgIpc) is 3.47. The second-order valence-corrected chi connectivity index (χ2v) is 9.91. The fraction of sp³-hybridized carbons (Fsp3) is 0.364. The van der Waals surface area contributed by atoms with Crippen LogP contribution in [0.1, 0.15) is 24.8 Å². The molecule has 152 valence electrons. The number of nitrogens with zero attached hydrogens (tertiary/aromatic N) is 1. The Morgan fingerprint density at radius 3 is 2.17 bits per heavy atom. The molecule has 1 saturated carbocycles. The van der Waals surface area contributed by atoms with Crippen LogP contribution in [0.25, 0.3) is 0 Å². The van der Waals surface area contributed by atoms with Gasteiger partial charge in [0.1, 0.15) is 0 Å². The average molecular weight is 413 g/mol. The molecule has 0 spiro atoms. The standard InChI is InChI=1S/C22H23NO5S/c24-20(15-28-21(25)22(12-13-22)17-7-3-1-4-8-17)23(18-9-5-2-6-10-18)19-11-14-29(26,27)16-19/h1-10,19H,11-16H2. The zero-order valence-corrected chi connectivity index (χ0v) is 16.8. The maximum absolute atomic E-state index is 13.0. The van der Waals surface area contributed by atoms with Gasteiger partial charge < -0.3 is 9.64 Å². The first-order valence-corrected chi connectivity index (χ1v) is 11.5. The number of amides is 1. The van der Waals surface area contributed by atoms with Crippen LogP contribution in [0.4, 0.5) is 5.69 Å². The molecule has 0 aromatic heterocycles. The highest BCUT2D eigenvalue weighted by atomic mass is 32.2. The number of sulfone groups is 1. The number of hydrogen-bond acceptors (Lipinski definition) is 5. The van der Waals surface area contributed by atoms with Gasteiger partial charge in [0.2, 0.25) is 0 Å². The molecule has 0 bridgehead atoms. The van der Waals surface area contributed by atoms with Crippen molar-refractivity contribution in [1.29, 1.82) is 0 Å². The number of ether oxygens (including phenoxy) is 1. The lowest BCUT2D eigenvalue weighted by Crippen LogP contribution is -2.44. The minimum absolute atomic E-state index is 0.0607. The molecule has 2 aromatic rings. The molecule has 7 heteroatoms. The fourth-order valence-electron chi connectivity index (χ4n) is 3.95. The Kier molecular flexibility index (Phi) is 5.17. The Hall–Kier alpha value is -2.67. The number of para-hydroxylation sites is 1. The molecule has 1 saturated heterocycles. The van der Waals surface area contributed by atoms with Gasteiger partial charge >= 0.3 is 5.97 Å². The Morgan fingerprint density at radius 1 is 1.00 bits per heavy atom. The number of anilines is 1. The van der Waals surface area contributed by atoms with E-state index in [1.165, 1.54) is 4.90 Å². The van der Waals surface area contributed by atoms with Crippen LogP contribution in [-0.4, -0.2) is 44.4 Å². The summed E-state index contributed by atoms with van der Waals surface area (Å²) in [4.78, 5) is 27.2. The molecule has 1 amide bonds. The van der Waals surface area contributed by atoms with Gasteiger partial charge in [-0.25, -0.2) is 8.42 Å². The van der Waals surface area contributed by atoms with Crippen molar-refractivity contribution in [1.82, 2.24) is 0 Å². The first-order valence-electron chi connectivity index (χ1n) is 9.72. The molecule has 0 N–H and O–H groups in total. The van der Waals surface area contributed by atoms with Crippen molar-refractivity contribution in [3.63, 3.8) is 0 Å². The Balaban J connectivity index is 1.48. The Labute approximate surface area is 170 Å². The van der Waals surface area contributed by atoms with E-state index in [0.29, 0.717) is 24.9 Å². The van der Waals surface area contributed by atoms with E-state index in [1.807, 2.05) is 36.4 Å². The number of rotatable bonds is 6. The van der Waals surface area contributed by atoms with Gasteiger partial charge in [0, 0.05) is 5.69 Å². The largest absolute Gasteiger partial charge is 0.455 e. The molecular weight excluding hydrogens is 390 g/mol. The van der Waals surface area contributed by atoms with Crippen molar-refractivity contribution in [3.05, 3.63) is 66.2 Å². The second kappa shape index (κ2) is 7.63. The third-order valence-electron chi connectivity index (χ3n) is 5.67. The van der Waals surface area contributed by atoms with E-state index in [1.54, 1.807) is 24.3 Å². The SMILES string of the molecule is O=C(COC(=O)C1(c2ccccc2)CC1)N(c1ccccc1)C1CCS(=O)(=O)C1. The third kappa shape index (κ3) is 4.05. The van der Waals surface area contributed by atoms with Crippen molar-refractivity contribution < 1.29 is 22.7 Å². The summed E-state index contributed by atoms with van der Waals surface area (Å²) in [7, 11) is -3.16. The lowest BCUT2D eigenvalue weighted by atomic mass is 9.96. The lowest BCUT2D eigenvalue weighted by Gasteiger charge is -2.28. The van der Waals surface area contributed by atoms with E-state index < -0.39 is 39.8 Å². The van der Waals surface area contributed by atoms with Crippen LogP contribution >= 0.6 is 0 Å². The summed E-state index contributed by atoms with van der Waals surface area (Å²) in [6, 6.07) is 17.9. The van der Waals surface area contributed by atoms with Crippen molar-refractivity contribution >= 4 is 27.4 Å². The first kappa shape index (κ1) is 19.6. The fourth-order valence-corrected chi connectivity index (χ4v) is 5.65. The molecule has 4 rings (SSSR count). The predicted octanol–water partition coefficient (Wildman–Crippen LogP) is 2.48. The van der Waals surface area contributed by atoms with E-state index in [-0.39, 0.29) is 11.5 Å². The molecule has 0 radical (unpaired) electrons. The Bertz CT molecular complexity index is 1000. The number of hydrogen-bond donors (Lipinski definition) is 0. The lowest BCUT2D eigenvalue weighted by molar-refractivity contribution is -0.150. The Morgan fingerprint density at radius 2 is 1.62 bits per heavy atom. The van der Waals surface area contributed by atoms with Gasteiger partial charge in [-0.15, -0.1) is 0 Å². The van der Waals surface area contributed by atoms with Crippen LogP contribution in [0.15, 0.2) is 60.7 Å². The number of carbonyl (C=O) groups is 2. The summed E-state index contributed by atoms with van der Waals surface area (Å²) in [5.74, 6) is -0.819. The van der Waals surface area contributed by atoms with Crippen LogP contribution in [0.5, 0.6) is 0 Å². The minimum Gasteiger partial charge on any atom is -0.455 e. The molecule has 2 aromatic carbocycles. The summed E-state index contributed by atoms with van der Waals surface area (Å²) >= 11 is 0. The minimum atomic E-state index is -3.16. The van der Waals surface area contributed by atoms with E-state index in [9.17, 15) is 18.0 Å². The van der Waals surface area contributed by atoms with Gasteiger partial charge in [0.25, 0.3) is 5.91 Å². The second-order valence-electron chi connectivity index (χ2n) is 7.68. The van der Waals surface area contributed by atoms with Gasteiger partial charge in [-0.3, -0.25) is 9.59 Å². The predicted molar refractivity (Wildman–Crippen MR) is 109 cm³/mol. The summed E-state index contributed by atoms with van der Waals surface area (Å²) in [5, 5.41) is 0. The molecule has 1 unspecified atom stereocenters. The summed E-state index contributed by atoms with van der Waals surface area (Å²) < 4.78 is 29.3. The maximum Gasteiger partial charge on any atom is 0.317 e. The molecule has 29 heavy (non-hydrogen) atoms. The van der Waals surface area contributed by atoms with Crippen LogP contribution in [0, 0.1) is 0 Å². The quantitative estimate of drug-likeness (QED) is 0.680. The smallest absolute Gasteiger partial charge is 0.317 e. The van der Waals surface area contributed by atoms with Crippen LogP contribution in [-0.2, 0) is 29.6 Å². The van der Waals surface area contributed by atoms with Crippen molar-refractivity contribution in [3.8, 4) is 0 Å². The van der Waals surface area contributed by atoms with E-state index in [4.69, 9.17) is 4.74 Å². The first-order chi connectivity index (χ1) is 13.9. The molecular formula is C22H23NO5S. The highest BCUT2D eigenvalue weighted by molar-refractivity contribution is 7.91. The topological polar surface area (TPSA) is 80.8 Å². The van der Waals surface area contributed by atoms with Crippen LogP contribution in [0.3, 0.4) is 0 Å². The molecule has 6 nitrogen and oxygen atoms in total. The van der Waals surface area contributed by atoms with E-state index in [2.05, 4.69) is 0 Å². The third-order valence-corrected chi connectivity index (χ3v) is 7.42. The van der Waals surface area contributed by atoms with Gasteiger partial charge in [-0.2, -0.15) is 0 Å². The molecule has 1 aliphatic heterocycles. The number of benzene rings is 2. The molecule has 1 atom stereocenters. The van der Waals surface area contributed by atoms with Crippen LogP contribution < -0.4 is 4.90 Å². The summed E-state index contributed by atoms with van der Waals surface area (Å²) in [5.41, 5.74) is 0.856. The highest BCUT2D eigenvalue weighted by Crippen LogP contribution is 2.49.